The summed E-state index contributed by atoms with van der Waals surface area (Å²) in [7, 11) is -0.412. The second-order valence-electron chi connectivity index (χ2n) is 29.2. The molecule has 1 aliphatic rings. The first-order chi connectivity index (χ1) is 54.8. The predicted molar refractivity (Wildman–Crippen MR) is 449 cm³/mol. The van der Waals surface area contributed by atoms with E-state index >= 15 is 0 Å². The van der Waals surface area contributed by atoms with Gasteiger partial charge >= 0.3 is 7.12 Å². The van der Waals surface area contributed by atoms with Gasteiger partial charge in [0.05, 0.1) is 22.3 Å². The van der Waals surface area contributed by atoms with E-state index in [9.17, 15) is 0 Å². The van der Waals surface area contributed by atoms with Crippen LogP contribution in [-0.2, 0) is 9.31 Å². The van der Waals surface area contributed by atoms with Crippen molar-refractivity contribution in [2.24, 2.45) is 0 Å². The zero-order valence-corrected chi connectivity index (χ0v) is 61.5. The van der Waals surface area contributed by atoms with Crippen LogP contribution >= 0.6 is 11.6 Å². The lowest BCUT2D eigenvalue weighted by atomic mass is 9.79. The van der Waals surface area contributed by atoms with Crippen LogP contribution in [0.2, 0.25) is 5.28 Å². The number of halogens is 1. The van der Waals surface area contributed by atoms with Crippen molar-refractivity contribution in [3.63, 3.8) is 0 Å². The Kier molecular flexibility index (Phi) is 15.5. The van der Waals surface area contributed by atoms with Crippen molar-refractivity contribution in [1.29, 1.82) is 0 Å². The first kappa shape index (κ1) is 66.4. The van der Waals surface area contributed by atoms with Crippen molar-refractivity contribution >= 4 is 156 Å². The van der Waals surface area contributed by atoms with Crippen LogP contribution in [0.3, 0.4) is 0 Å². The topological polar surface area (TPSA) is 175 Å². The molecule has 23 rings (SSSR count). The van der Waals surface area contributed by atoms with Crippen molar-refractivity contribution in [3.8, 4) is 79.2 Å². The highest BCUT2D eigenvalue weighted by Gasteiger charge is 2.52. The van der Waals surface area contributed by atoms with E-state index in [2.05, 4.69) is 152 Å². The minimum absolute atomic E-state index is 0.155. The fourth-order valence-electron chi connectivity index (χ4n) is 15.4. The molecule has 534 valence electrons. The van der Waals surface area contributed by atoms with E-state index in [1.54, 1.807) is 0 Å². The minimum atomic E-state index is -0.412. The first-order valence-corrected chi connectivity index (χ1v) is 37.4. The number of furan rings is 6. The molecular formula is C96H62BClN6O8. The molecule has 1 fully saturated rings. The molecule has 9 heterocycles. The quantitative estimate of drug-likeness (QED) is 0.131. The van der Waals surface area contributed by atoms with Gasteiger partial charge < -0.3 is 35.8 Å². The van der Waals surface area contributed by atoms with Gasteiger partial charge in [-0.2, -0.15) is 9.97 Å². The lowest BCUT2D eigenvalue weighted by Gasteiger charge is -2.32. The van der Waals surface area contributed by atoms with Crippen molar-refractivity contribution in [2.75, 3.05) is 0 Å². The summed E-state index contributed by atoms with van der Waals surface area (Å²) in [4.78, 5) is 28.2. The highest BCUT2D eigenvalue weighted by Crippen LogP contribution is 2.43. The van der Waals surface area contributed by atoms with Crippen LogP contribution in [-0.4, -0.2) is 48.2 Å². The molecule has 0 N–H and O–H groups in total. The van der Waals surface area contributed by atoms with Gasteiger partial charge in [0.2, 0.25) is 5.28 Å². The normalized spacial score (nSPS) is 13.5. The smallest absolute Gasteiger partial charge is 0.456 e. The maximum Gasteiger partial charge on any atom is 0.494 e. The highest BCUT2D eigenvalue weighted by molar-refractivity contribution is 6.62. The van der Waals surface area contributed by atoms with E-state index in [1.165, 1.54) is 0 Å². The number of rotatable bonds is 8. The van der Waals surface area contributed by atoms with E-state index in [1.807, 2.05) is 194 Å². The molecule has 16 heteroatoms. The van der Waals surface area contributed by atoms with Gasteiger partial charge in [-0.15, -0.1) is 0 Å². The molecule has 0 saturated carbocycles. The van der Waals surface area contributed by atoms with Crippen LogP contribution in [0, 0.1) is 0 Å². The molecule has 1 aliphatic heterocycles. The van der Waals surface area contributed by atoms with Gasteiger partial charge in [0.1, 0.15) is 67.0 Å². The zero-order chi connectivity index (χ0) is 74.9. The standard InChI is InChI=1S/C45H25N3O3.C30H25BO4.C21H12ClN3O/c1-2-9-26(10-3-1)43-46-44(48-45(47-43)35-14-8-13-34-30-11-4-7-16-38(30)51-42(34)35)29-18-21-33-32-20-17-28(24-40(32)50-41(33)25-29)27-19-22-39-36(23-27)31-12-5-6-15-37(31)49-39;1-29(2)30(3,4)35-31(34-29)20-11-13-23-22-12-9-19(16-27(22)33-28(23)17-20)18-10-14-26-24(15-18)21-7-5-6-8-25(21)32-26;22-21-24-19(13-7-2-1-3-8-13)23-20(25-21)16-11-6-10-15-14-9-4-5-12-17(14)26-18(15)16/h1-25H;5-17H,1-4H3;1-12H. The maximum absolute atomic E-state index is 6.54. The average Bonchev–Trinajstić information content (AvgIpc) is 1.59. The van der Waals surface area contributed by atoms with Crippen molar-refractivity contribution in [1.82, 2.24) is 29.9 Å². The van der Waals surface area contributed by atoms with E-state index < -0.39 is 7.12 Å². The molecular weight excluding hydrogens is 1410 g/mol. The second-order valence-corrected chi connectivity index (χ2v) is 29.5. The van der Waals surface area contributed by atoms with E-state index in [0.717, 1.165) is 187 Å². The van der Waals surface area contributed by atoms with Crippen molar-refractivity contribution in [2.45, 2.75) is 38.9 Å². The predicted octanol–water partition coefficient (Wildman–Crippen LogP) is 25.4. The molecule has 1 saturated heterocycles. The van der Waals surface area contributed by atoms with Gasteiger partial charge in [0.15, 0.2) is 29.1 Å². The third kappa shape index (κ3) is 11.5. The number of para-hydroxylation sites is 6. The Morgan fingerprint density at radius 3 is 1.03 bits per heavy atom. The Hall–Kier alpha value is -13.8. The average molecular weight is 1470 g/mol. The number of fused-ring (bicyclic) bond motifs is 18. The van der Waals surface area contributed by atoms with Crippen molar-refractivity contribution in [3.05, 3.63) is 309 Å². The molecule has 0 unspecified atom stereocenters. The molecule has 0 radical (unpaired) electrons. The summed E-state index contributed by atoms with van der Waals surface area (Å²) in [6.07, 6.45) is 0. The number of aromatic nitrogens is 6. The molecule has 14 aromatic carbocycles. The molecule has 8 aromatic heterocycles. The molecule has 0 spiro atoms. The number of hydrogen-bond donors (Lipinski definition) is 0. The van der Waals surface area contributed by atoms with E-state index in [0.29, 0.717) is 29.1 Å². The largest absolute Gasteiger partial charge is 0.494 e. The second kappa shape index (κ2) is 26.2. The zero-order valence-electron chi connectivity index (χ0n) is 60.8. The van der Waals surface area contributed by atoms with Crippen LogP contribution in [0.25, 0.3) is 211 Å². The molecule has 0 atom stereocenters. The minimum Gasteiger partial charge on any atom is -0.456 e. The Morgan fingerprint density at radius 1 is 0.232 bits per heavy atom. The summed E-state index contributed by atoms with van der Waals surface area (Å²) in [6.45, 7) is 8.27. The van der Waals surface area contributed by atoms with Crippen LogP contribution in [0.1, 0.15) is 27.7 Å². The SMILES string of the molecule is CC1(C)OB(c2ccc3c(c2)oc2cc(-c4ccc5oc6ccccc6c5c4)ccc23)OC1(C)C.Clc1nc(-c2ccccc2)nc(-c2cccc3c2oc2ccccc23)n1.c1ccc(-c2nc(-c3ccc4c(c3)oc3cc(-c5ccc6oc7ccccc7c6c5)ccc34)nc(-c3cccc4c3oc3ccccc34)n2)cc1. The van der Waals surface area contributed by atoms with Crippen LogP contribution in [0.15, 0.2) is 330 Å². The Balaban J connectivity index is 0.000000113. The van der Waals surface area contributed by atoms with Gasteiger partial charge in [-0.1, -0.05) is 200 Å². The lowest BCUT2D eigenvalue weighted by Crippen LogP contribution is -2.41. The molecule has 112 heavy (non-hydrogen) atoms. The Labute approximate surface area is 644 Å². The van der Waals surface area contributed by atoms with Gasteiger partial charge in [-0.05, 0) is 170 Å². The third-order valence-electron chi connectivity index (χ3n) is 21.8. The van der Waals surface area contributed by atoms with Gasteiger partial charge in [-0.3, -0.25) is 0 Å². The van der Waals surface area contributed by atoms with Gasteiger partial charge in [0, 0.05) is 81.3 Å². The van der Waals surface area contributed by atoms with Crippen LogP contribution in [0.4, 0.5) is 0 Å². The maximum atomic E-state index is 6.54. The summed E-state index contributed by atoms with van der Waals surface area (Å²) in [5.41, 5.74) is 18.8. The van der Waals surface area contributed by atoms with E-state index in [4.69, 9.17) is 62.4 Å². The lowest BCUT2D eigenvalue weighted by molar-refractivity contribution is 0.00578. The molecule has 22 aromatic rings. The number of benzene rings is 14. The number of nitrogens with zero attached hydrogens (tertiary/aromatic N) is 6. The summed E-state index contributed by atoms with van der Waals surface area (Å²) in [5, 5.41) is 13.0. The molecule has 0 amide bonds. The fourth-order valence-corrected chi connectivity index (χ4v) is 15.5. The molecule has 0 bridgehead atoms. The molecule has 14 nitrogen and oxygen atoms in total. The summed E-state index contributed by atoms with van der Waals surface area (Å²) in [6, 6.07) is 102. The van der Waals surface area contributed by atoms with Gasteiger partial charge in [-0.25, -0.2) is 19.9 Å². The van der Waals surface area contributed by atoms with Gasteiger partial charge in [0.25, 0.3) is 0 Å². The summed E-state index contributed by atoms with van der Waals surface area (Å²) >= 11 is 6.19. The number of hydrogen-bond acceptors (Lipinski definition) is 14. The van der Waals surface area contributed by atoms with Crippen LogP contribution < -0.4 is 5.46 Å². The Bertz CT molecular complexity index is 7510. The highest BCUT2D eigenvalue weighted by atomic mass is 35.5. The first-order valence-electron chi connectivity index (χ1n) is 37.0. The fraction of sp³-hybridized carbons (Fsp3) is 0.0625. The van der Waals surface area contributed by atoms with Crippen LogP contribution in [0.5, 0.6) is 0 Å². The van der Waals surface area contributed by atoms with E-state index in [-0.39, 0.29) is 16.5 Å². The summed E-state index contributed by atoms with van der Waals surface area (Å²) in [5.74, 6) is 2.71. The third-order valence-corrected chi connectivity index (χ3v) is 21.9. The summed E-state index contributed by atoms with van der Waals surface area (Å²) < 4.78 is 49.9. The van der Waals surface area contributed by atoms with Crippen molar-refractivity contribution < 1.29 is 35.8 Å². The monoisotopic (exact) mass is 1470 g/mol. The Morgan fingerprint density at radius 2 is 0.545 bits per heavy atom. The molecule has 0 aliphatic carbocycles.